The lowest BCUT2D eigenvalue weighted by Crippen LogP contribution is -2.53. The smallest absolute Gasteiger partial charge is 0.228 e. The fraction of sp³-hybridized carbons (Fsp3) is 0.417. The second-order valence-corrected chi connectivity index (χ2v) is 8.99. The predicted molar refractivity (Wildman–Crippen MR) is 131 cm³/mol. The van der Waals surface area contributed by atoms with Crippen LogP contribution in [-0.4, -0.2) is 71.9 Å². The lowest BCUT2D eigenvalue weighted by Gasteiger charge is -2.41. The Labute approximate surface area is 203 Å². The minimum atomic E-state index is -0.223. The summed E-state index contributed by atoms with van der Waals surface area (Å²) >= 11 is 6.29. The number of morpholine rings is 1. The Bertz CT molecular complexity index is 1170. The van der Waals surface area contributed by atoms with E-state index in [0.717, 1.165) is 49.8 Å². The quantitative estimate of drug-likeness (QED) is 0.557. The molecule has 5 rings (SSSR count). The van der Waals surface area contributed by atoms with Gasteiger partial charge in [0.05, 0.1) is 18.9 Å². The fourth-order valence-corrected chi connectivity index (χ4v) is 4.67. The summed E-state index contributed by atoms with van der Waals surface area (Å²) in [7, 11) is 0. The molecule has 178 valence electrons. The molecule has 1 aromatic carbocycles. The molecule has 2 aromatic heterocycles. The Kier molecular flexibility index (Phi) is 6.47. The van der Waals surface area contributed by atoms with Gasteiger partial charge >= 0.3 is 0 Å². The van der Waals surface area contributed by atoms with Crippen LogP contribution in [0.4, 0.5) is 22.0 Å². The maximum atomic E-state index is 13.9. The molecule has 0 spiro atoms. The molecule has 2 saturated heterocycles. The van der Waals surface area contributed by atoms with E-state index in [1.807, 2.05) is 12.1 Å². The van der Waals surface area contributed by atoms with Gasteiger partial charge in [0.25, 0.3) is 0 Å². The number of hydrogen-bond acceptors (Lipinski definition) is 8. The van der Waals surface area contributed by atoms with Crippen molar-refractivity contribution in [2.24, 2.45) is 0 Å². The van der Waals surface area contributed by atoms with Crippen molar-refractivity contribution < 1.29 is 9.13 Å². The average molecular weight is 484 g/mol. The lowest BCUT2D eigenvalue weighted by atomic mass is 10.1. The third-order valence-corrected chi connectivity index (χ3v) is 6.57. The number of rotatable bonds is 4. The second-order valence-electron chi connectivity index (χ2n) is 8.63. The first-order chi connectivity index (χ1) is 16.5. The number of nitrogens with zero attached hydrogens (tertiary/aromatic N) is 7. The molecule has 1 atom stereocenters. The van der Waals surface area contributed by atoms with Crippen LogP contribution >= 0.6 is 11.6 Å². The van der Waals surface area contributed by atoms with Crippen molar-refractivity contribution in [1.82, 2.24) is 19.9 Å². The molecule has 10 heteroatoms. The van der Waals surface area contributed by atoms with Crippen molar-refractivity contribution in [3.8, 4) is 11.3 Å². The van der Waals surface area contributed by atoms with Crippen molar-refractivity contribution in [2.45, 2.75) is 19.9 Å². The predicted octanol–water partition coefficient (Wildman–Crippen LogP) is 3.59. The van der Waals surface area contributed by atoms with Crippen LogP contribution in [0.5, 0.6) is 0 Å². The first-order valence-electron chi connectivity index (χ1n) is 11.5. The number of benzene rings is 1. The van der Waals surface area contributed by atoms with Crippen molar-refractivity contribution in [1.29, 1.82) is 0 Å². The molecule has 0 bridgehead atoms. The van der Waals surface area contributed by atoms with Crippen LogP contribution in [0.3, 0.4) is 0 Å². The summed E-state index contributed by atoms with van der Waals surface area (Å²) < 4.78 is 19.4. The highest BCUT2D eigenvalue weighted by Gasteiger charge is 2.28. The first kappa shape index (κ1) is 22.7. The number of anilines is 3. The van der Waals surface area contributed by atoms with E-state index in [-0.39, 0.29) is 11.9 Å². The summed E-state index contributed by atoms with van der Waals surface area (Å²) in [5.74, 6) is 2.00. The van der Waals surface area contributed by atoms with E-state index >= 15 is 0 Å². The average Bonchev–Trinajstić information content (AvgIpc) is 2.86. The molecule has 2 aliphatic rings. The molecule has 0 saturated carbocycles. The van der Waals surface area contributed by atoms with Crippen molar-refractivity contribution in [2.75, 3.05) is 60.6 Å². The summed E-state index contributed by atoms with van der Waals surface area (Å²) in [4.78, 5) is 25.0. The van der Waals surface area contributed by atoms with Gasteiger partial charge in [0, 0.05) is 62.8 Å². The highest BCUT2D eigenvalue weighted by molar-refractivity contribution is 6.31. The molecule has 2 aliphatic heterocycles. The van der Waals surface area contributed by atoms with Gasteiger partial charge in [-0.3, -0.25) is 0 Å². The van der Waals surface area contributed by atoms with E-state index in [4.69, 9.17) is 26.3 Å². The Balaban J connectivity index is 1.47. The van der Waals surface area contributed by atoms with Gasteiger partial charge < -0.3 is 19.4 Å². The van der Waals surface area contributed by atoms with Gasteiger partial charge in [-0.15, -0.1) is 0 Å². The van der Waals surface area contributed by atoms with Crippen LogP contribution in [-0.2, 0) is 4.74 Å². The molecule has 0 aliphatic carbocycles. The molecule has 0 amide bonds. The van der Waals surface area contributed by atoms with E-state index in [2.05, 4.69) is 31.6 Å². The molecule has 3 aromatic rings. The van der Waals surface area contributed by atoms with Crippen LogP contribution in [0.25, 0.3) is 11.3 Å². The Morgan fingerprint density at radius 3 is 2.53 bits per heavy atom. The number of halogens is 2. The highest BCUT2D eigenvalue weighted by atomic mass is 35.5. The van der Waals surface area contributed by atoms with E-state index in [1.54, 1.807) is 25.4 Å². The third-order valence-electron chi connectivity index (χ3n) is 6.31. The normalized spacial score (nSPS) is 18.9. The maximum absolute atomic E-state index is 13.9. The van der Waals surface area contributed by atoms with Crippen LogP contribution in [0.15, 0.2) is 36.7 Å². The van der Waals surface area contributed by atoms with Gasteiger partial charge in [-0.1, -0.05) is 11.6 Å². The van der Waals surface area contributed by atoms with Crippen molar-refractivity contribution in [3.63, 3.8) is 0 Å². The Morgan fingerprint density at radius 1 is 1.00 bits per heavy atom. The molecule has 0 radical (unpaired) electrons. The number of aryl methyl sites for hydroxylation is 1. The lowest BCUT2D eigenvalue weighted by molar-refractivity contribution is 0.122. The van der Waals surface area contributed by atoms with E-state index in [9.17, 15) is 4.39 Å². The summed E-state index contributed by atoms with van der Waals surface area (Å²) in [6.07, 6.45) is 3.26. The van der Waals surface area contributed by atoms with Crippen molar-refractivity contribution >= 4 is 29.2 Å². The van der Waals surface area contributed by atoms with Gasteiger partial charge in [-0.05, 0) is 37.6 Å². The first-order valence-corrected chi connectivity index (χ1v) is 11.8. The topological polar surface area (TPSA) is 70.5 Å². The minimum absolute atomic E-state index is 0.155. The summed E-state index contributed by atoms with van der Waals surface area (Å²) in [5, 5.41) is 0.411. The molecule has 0 N–H and O–H groups in total. The summed E-state index contributed by atoms with van der Waals surface area (Å²) in [6, 6.07) is 7.25. The number of piperazine rings is 1. The molecule has 0 unspecified atom stereocenters. The zero-order valence-electron chi connectivity index (χ0n) is 19.3. The van der Waals surface area contributed by atoms with Gasteiger partial charge in [0.2, 0.25) is 5.95 Å². The van der Waals surface area contributed by atoms with Gasteiger partial charge in [-0.25, -0.2) is 19.3 Å². The maximum Gasteiger partial charge on any atom is 0.228 e. The monoisotopic (exact) mass is 483 g/mol. The fourth-order valence-electron chi connectivity index (χ4n) is 4.44. The summed E-state index contributed by atoms with van der Waals surface area (Å²) in [5.41, 5.74) is 2.24. The Morgan fingerprint density at radius 2 is 1.79 bits per heavy atom. The molecule has 2 fully saturated rings. The zero-order valence-corrected chi connectivity index (χ0v) is 20.0. The van der Waals surface area contributed by atoms with Crippen molar-refractivity contribution in [3.05, 3.63) is 53.2 Å². The number of hydrogen-bond donors (Lipinski definition) is 0. The molecule has 8 nitrogen and oxygen atoms in total. The highest BCUT2D eigenvalue weighted by Crippen LogP contribution is 2.30. The van der Waals surface area contributed by atoms with Crippen LogP contribution in [0, 0.1) is 12.7 Å². The van der Waals surface area contributed by atoms with Gasteiger partial charge in [-0.2, -0.15) is 4.98 Å². The van der Waals surface area contributed by atoms with Crippen LogP contribution in [0.1, 0.15) is 12.5 Å². The number of ether oxygens (including phenoxy) is 1. The van der Waals surface area contributed by atoms with Crippen LogP contribution < -0.4 is 14.7 Å². The van der Waals surface area contributed by atoms with Crippen LogP contribution in [0.2, 0.25) is 5.15 Å². The van der Waals surface area contributed by atoms with E-state index in [0.29, 0.717) is 35.7 Å². The molecular formula is C24H27ClFN7O. The standard InChI is InChI=1S/C24H27ClFN7O/c1-16-13-18(3-4-19(16)26)20-14-21(30-24(29-20)31-9-11-34-12-10-31)33-8-7-32(15-17(33)2)23-22(25)27-5-6-28-23/h3-6,13-14,17H,7-12,15H2,1-2H3/t17-/m1/s1. The minimum Gasteiger partial charge on any atom is -0.378 e. The molecule has 34 heavy (non-hydrogen) atoms. The van der Waals surface area contributed by atoms with Gasteiger partial charge in [0.15, 0.2) is 11.0 Å². The molecular weight excluding hydrogens is 457 g/mol. The van der Waals surface area contributed by atoms with E-state index < -0.39 is 0 Å². The van der Waals surface area contributed by atoms with Gasteiger partial charge in [0.1, 0.15) is 11.6 Å². The molecule has 4 heterocycles. The largest absolute Gasteiger partial charge is 0.378 e. The third kappa shape index (κ3) is 4.63. The van der Waals surface area contributed by atoms with E-state index in [1.165, 1.54) is 6.07 Å². The summed E-state index contributed by atoms with van der Waals surface area (Å²) in [6.45, 7) is 8.91. The Hall–Kier alpha value is -3.04. The zero-order chi connectivity index (χ0) is 23.7. The number of aromatic nitrogens is 4. The SMILES string of the molecule is Cc1cc(-c2cc(N3CCN(c4nccnc4Cl)C[C@H]3C)nc(N3CCOCC3)n2)ccc1F. The second kappa shape index (κ2) is 9.68.